The molecule has 0 spiro atoms. The van der Waals surface area contributed by atoms with E-state index in [1.807, 2.05) is 38.1 Å². The number of halogens is 1. The standard InChI is InChI=1S/C19H19ClN2O2S/c1-3-9-22-10-8-15-17(19(22)24)16(12(2)25-15)18(23)21-11-13-6-4-5-7-14(13)20/h4-8,10H,3,9,11H2,1-2H3,(H,21,23). The van der Waals surface area contributed by atoms with Crippen LogP contribution in [0.3, 0.4) is 0 Å². The summed E-state index contributed by atoms with van der Waals surface area (Å²) in [5, 5.41) is 4.01. The minimum Gasteiger partial charge on any atom is -0.348 e. The quantitative estimate of drug-likeness (QED) is 0.721. The lowest BCUT2D eigenvalue weighted by Crippen LogP contribution is -2.26. The lowest BCUT2D eigenvalue weighted by molar-refractivity contribution is 0.0952. The summed E-state index contributed by atoms with van der Waals surface area (Å²) in [5.41, 5.74) is 1.21. The zero-order valence-corrected chi connectivity index (χ0v) is 15.7. The van der Waals surface area contributed by atoms with Gasteiger partial charge in [-0.3, -0.25) is 9.59 Å². The molecule has 2 heterocycles. The van der Waals surface area contributed by atoms with Gasteiger partial charge in [-0.05, 0) is 31.0 Å². The average Bonchev–Trinajstić information content (AvgIpc) is 2.93. The second kappa shape index (κ2) is 7.42. The van der Waals surface area contributed by atoms with E-state index in [1.54, 1.807) is 16.8 Å². The van der Waals surface area contributed by atoms with E-state index in [0.29, 0.717) is 29.1 Å². The first kappa shape index (κ1) is 17.7. The van der Waals surface area contributed by atoms with E-state index in [-0.39, 0.29) is 11.5 Å². The maximum Gasteiger partial charge on any atom is 0.260 e. The molecule has 6 heteroatoms. The third-order valence-electron chi connectivity index (χ3n) is 4.08. The van der Waals surface area contributed by atoms with Gasteiger partial charge in [0.25, 0.3) is 11.5 Å². The number of rotatable bonds is 5. The van der Waals surface area contributed by atoms with Gasteiger partial charge in [-0.15, -0.1) is 11.3 Å². The topological polar surface area (TPSA) is 51.1 Å². The Bertz CT molecular complexity index is 991. The molecule has 0 fully saturated rings. The molecule has 130 valence electrons. The van der Waals surface area contributed by atoms with Gasteiger partial charge in [0.1, 0.15) is 0 Å². The molecule has 1 aromatic carbocycles. The Labute approximate surface area is 155 Å². The number of aromatic nitrogens is 1. The molecule has 0 aliphatic carbocycles. The summed E-state index contributed by atoms with van der Waals surface area (Å²) < 4.78 is 2.51. The molecule has 0 aliphatic heterocycles. The maximum atomic E-state index is 12.8. The molecular formula is C19H19ClN2O2S. The van der Waals surface area contributed by atoms with Crippen LogP contribution in [0.2, 0.25) is 5.02 Å². The highest BCUT2D eigenvalue weighted by Gasteiger charge is 2.20. The number of pyridine rings is 1. The van der Waals surface area contributed by atoms with Gasteiger partial charge in [0.15, 0.2) is 0 Å². The van der Waals surface area contributed by atoms with Crippen molar-refractivity contribution in [2.24, 2.45) is 0 Å². The third-order valence-corrected chi connectivity index (χ3v) is 5.52. The summed E-state index contributed by atoms with van der Waals surface area (Å²) in [6, 6.07) is 9.30. The second-order valence-corrected chi connectivity index (χ2v) is 7.52. The fourth-order valence-corrected chi connectivity index (χ4v) is 4.11. The van der Waals surface area contributed by atoms with Crippen LogP contribution in [-0.4, -0.2) is 10.5 Å². The predicted octanol–water partition coefficient (Wildman–Crippen LogP) is 4.36. The van der Waals surface area contributed by atoms with Gasteiger partial charge in [0, 0.05) is 33.9 Å². The highest BCUT2D eigenvalue weighted by atomic mass is 35.5. The van der Waals surface area contributed by atoms with Crippen LogP contribution in [0.4, 0.5) is 0 Å². The lowest BCUT2D eigenvalue weighted by atomic mass is 10.1. The summed E-state index contributed by atoms with van der Waals surface area (Å²) >= 11 is 7.61. The number of amides is 1. The minimum atomic E-state index is -0.241. The molecule has 1 N–H and O–H groups in total. The van der Waals surface area contributed by atoms with Crippen LogP contribution in [-0.2, 0) is 13.1 Å². The van der Waals surface area contributed by atoms with Crippen molar-refractivity contribution >= 4 is 38.9 Å². The van der Waals surface area contributed by atoms with Crippen molar-refractivity contribution in [3.63, 3.8) is 0 Å². The van der Waals surface area contributed by atoms with Gasteiger partial charge in [0.2, 0.25) is 0 Å². The second-order valence-electron chi connectivity index (χ2n) is 5.86. The van der Waals surface area contributed by atoms with Gasteiger partial charge in [-0.25, -0.2) is 0 Å². The van der Waals surface area contributed by atoms with Crippen molar-refractivity contribution in [3.05, 3.63) is 67.9 Å². The molecule has 4 nitrogen and oxygen atoms in total. The highest BCUT2D eigenvalue weighted by Crippen LogP contribution is 2.28. The summed E-state index contributed by atoms with van der Waals surface area (Å²) in [5.74, 6) is -0.241. The number of hydrogen-bond acceptors (Lipinski definition) is 3. The van der Waals surface area contributed by atoms with E-state index in [1.165, 1.54) is 11.3 Å². The number of aryl methyl sites for hydroxylation is 2. The largest absolute Gasteiger partial charge is 0.348 e. The van der Waals surface area contributed by atoms with Gasteiger partial charge in [-0.2, -0.15) is 0 Å². The van der Waals surface area contributed by atoms with Crippen LogP contribution in [0.5, 0.6) is 0 Å². The molecule has 0 saturated carbocycles. The molecule has 0 unspecified atom stereocenters. The van der Waals surface area contributed by atoms with Gasteiger partial charge < -0.3 is 9.88 Å². The minimum absolute atomic E-state index is 0.105. The zero-order chi connectivity index (χ0) is 18.0. The maximum absolute atomic E-state index is 12.8. The number of nitrogens with zero attached hydrogens (tertiary/aromatic N) is 1. The molecule has 2 aromatic heterocycles. The van der Waals surface area contributed by atoms with E-state index in [0.717, 1.165) is 21.6 Å². The number of benzene rings is 1. The SMILES string of the molecule is CCCn1ccc2sc(C)c(C(=O)NCc3ccccc3Cl)c2c1=O. The number of thiophene rings is 1. The van der Waals surface area contributed by atoms with Crippen LogP contribution in [0.1, 0.15) is 34.1 Å². The molecule has 1 amide bonds. The Morgan fingerprint density at radius 1 is 1.28 bits per heavy atom. The first-order valence-corrected chi connectivity index (χ1v) is 9.36. The van der Waals surface area contributed by atoms with Crippen LogP contribution in [0.15, 0.2) is 41.3 Å². The third kappa shape index (κ3) is 3.48. The van der Waals surface area contributed by atoms with E-state index in [9.17, 15) is 9.59 Å². The molecule has 0 bridgehead atoms. The Balaban J connectivity index is 1.95. The van der Waals surface area contributed by atoms with Crippen molar-refractivity contribution < 1.29 is 4.79 Å². The predicted molar refractivity (Wildman–Crippen MR) is 104 cm³/mol. The van der Waals surface area contributed by atoms with Crippen molar-refractivity contribution in [1.29, 1.82) is 0 Å². The first-order valence-electron chi connectivity index (χ1n) is 8.17. The molecular weight excluding hydrogens is 356 g/mol. The summed E-state index contributed by atoms with van der Waals surface area (Å²) in [7, 11) is 0. The lowest BCUT2D eigenvalue weighted by Gasteiger charge is -2.08. The summed E-state index contributed by atoms with van der Waals surface area (Å²) in [6.45, 7) is 4.86. The Kier molecular flexibility index (Phi) is 5.25. The van der Waals surface area contributed by atoms with E-state index < -0.39 is 0 Å². The molecule has 3 aromatic rings. The summed E-state index contributed by atoms with van der Waals surface area (Å²) in [4.78, 5) is 26.4. The molecule has 0 aliphatic rings. The van der Waals surface area contributed by atoms with Crippen LogP contribution < -0.4 is 10.9 Å². The number of hydrogen-bond donors (Lipinski definition) is 1. The first-order chi connectivity index (χ1) is 12.0. The molecule has 3 rings (SSSR count). The molecule has 25 heavy (non-hydrogen) atoms. The van der Waals surface area contributed by atoms with Crippen molar-refractivity contribution in [1.82, 2.24) is 9.88 Å². The van der Waals surface area contributed by atoms with Crippen LogP contribution in [0.25, 0.3) is 10.1 Å². The molecule has 0 saturated heterocycles. The Hall–Kier alpha value is -2.11. The van der Waals surface area contributed by atoms with E-state index in [2.05, 4.69) is 5.32 Å². The average molecular weight is 375 g/mol. The van der Waals surface area contributed by atoms with Crippen LogP contribution >= 0.6 is 22.9 Å². The van der Waals surface area contributed by atoms with Gasteiger partial charge >= 0.3 is 0 Å². The number of carbonyl (C=O) groups is 1. The number of nitrogens with one attached hydrogen (secondary N) is 1. The normalized spacial score (nSPS) is 11.0. The van der Waals surface area contributed by atoms with Crippen LogP contribution in [0, 0.1) is 6.92 Å². The Morgan fingerprint density at radius 2 is 2.04 bits per heavy atom. The molecule has 0 radical (unpaired) electrons. The van der Waals surface area contributed by atoms with Crippen molar-refractivity contribution in [3.8, 4) is 0 Å². The Morgan fingerprint density at radius 3 is 2.76 bits per heavy atom. The van der Waals surface area contributed by atoms with E-state index >= 15 is 0 Å². The van der Waals surface area contributed by atoms with Crippen molar-refractivity contribution in [2.75, 3.05) is 0 Å². The summed E-state index contributed by atoms with van der Waals surface area (Å²) in [6.07, 6.45) is 2.66. The zero-order valence-electron chi connectivity index (χ0n) is 14.1. The smallest absolute Gasteiger partial charge is 0.260 e. The monoisotopic (exact) mass is 374 g/mol. The van der Waals surface area contributed by atoms with Gasteiger partial charge in [0.05, 0.1) is 10.9 Å². The fourth-order valence-electron chi connectivity index (χ4n) is 2.86. The van der Waals surface area contributed by atoms with Crippen molar-refractivity contribution in [2.45, 2.75) is 33.4 Å². The number of carbonyl (C=O) groups excluding carboxylic acids is 1. The fraction of sp³-hybridized carbons (Fsp3) is 0.263. The highest BCUT2D eigenvalue weighted by molar-refractivity contribution is 7.19. The van der Waals surface area contributed by atoms with Gasteiger partial charge in [-0.1, -0.05) is 36.7 Å². The molecule has 0 atom stereocenters. The van der Waals surface area contributed by atoms with E-state index in [4.69, 9.17) is 11.6 Å². The number of fused-ring (bicyclic) bond motifs is 1.